The standard InChI is InChI=1S/C17H26N6O/c1-10(2)16-19-18-14-9-22(7-8-23(14)16)17(24)11(3)15-12(4)20-21(6)13(15)5/h10-11H,7-9H2,1-6H3. The third kappa shape index (κ3) is 2.61. The summed E-state index contributed by atoms with van der Waals surface area (Å²) in [5, 5.41) is 13.0. The molecule has 0 saturated carbocycles. The van der Waals surface area contributed by atoms with Gasteiger partial charge >= 0.3 is 0 Å². The molecule has 1 amide bonds. The van der Waals surface area contributed by atoms with E-state index < -0.39 is 0 Å². The van der Waals surface area contributed by atoms with E-state index in [-0.39, 0.29) is 11.8 Å². The van der Waals surface area contributed by atoms with E-state index >= 15 is 0 Å². The number of carbonyl (C=O) groups is 1. The highest BCUT2D eigenvalue weighted by atomic mass is 16.2. The van der Waals surface area contributed by atoms with Gasteiger partial charge in [-0.15, -0.1) is 10.2 Å². The van der Waals surface area contributed by atoms with Crippen LogP contribution in [0.15, 0.2) is 0 Å². The fourth-order valence-corrected chi connectivity index (χ4v) is 3.61. The second-order valence-corrected chi connectivity index (χ2v) is 6.97. The van der Waals surface area contributed by atoms with Crippen LogP contribution in [0, 0.1) is 13.8 Å². The molecule has 3 rings (SSSR count). The number of fused-ring (bicyclic) bond motifs is 1. The summed E-state index contributed by atoms with van der Waals surface area (Å²) in [5.74, 6) is 2.16. The molecule has 7 nitrogen and oxygen atoms in total. The zero-order chi connectivity index (χ0) is 17.6. The van der Waals surface area contributed by atoms with Crippen LogP contribution in [-0.4, -0.2) is 41.9 Å². The minimum atomic E-state index is -0.197. The molecule has 0 spiro atoms. The van der Waals surface area contributed by atoms with Crippen LogP contribution in [0.1, 0.15) is 61.2 Å². The molecule has 0 saturated heterocycles. The van der Waals surface area contributed by atoms with E-state index in [2.05, 4.69) is 33.7 Å². The monoisotopic (exact) mass is 330 g/mol. The van der Waals surface area contributed by atoms with E-state index in [9.17, 15) is 4.79 Å². The van der Waals surface area contributed by atoms with Gasteiger partial charge in [0, 0.05) is 37.3 Å². The van der Waals surface area contributed by atoms with Gasteiger partial charge in [-0.05, 0) is 20.8 Å². The number of hydrogen-bond donors (Lipinski definition) is 0. The van der Waals surface area contributed by atoms with Crippen molar-refractivity contribution >= 4 is 5.91 Å². The molecule has 0 fully saturated rings. The SMILES string of the molecule is Cc1nn(C)c(C)c1C(C)C(=O)N1CCn2c(nnc2C(C)C)C1. The molecular formula is C17H26N6O. The maximum atomic E-state index is 13.0. The number of carbonyl (C=O) groups excluding carboxylic acids is 1. The van der Waals surface area contributed by atoms with Crippen LogP contribution in [0.5, 0.6) is 0 Å². The smallest absolute Gasteiger partial charge is 0.230 e. The third-order valence-corrected chi connectivity index (χ3v) is 4.98. The summed E-state index contributed by atoms with van der Waals surface area (Å²) >= 11 is 0. The fourth-order valence-electron chi connectivity index (χ4n) is 3.61. The van der Waals surface area contributed by atoms with Crippen molar-refractivity contribution in [3.63, 3.8) is 0 Å². The van der Waals surface area contributed by atoms with Crippen LogP contribution >= 0.6 is 0 Å². The summed E-state index contributed by atoms with van der Waals surface area (Å²) in [4.78, 5) is 14.9. The predicted octanol–water partition coefficient (Wildman–Crippen LogP) is 1.90. The average molecular weight is 330 g/mol. The molecule has 0 aromatic carbocycles. The minimum Gasteiger partial charge on any atom is -0.333 e. The lowest BCUT2D eigenvalue weighted by atomic mass is 9.97. The van der Waals surface area contributed by atoms with Gasteiger partial charge < -0.3 is 9.47 Å². The normalized spacial score (nSPS) is 15.7. The third-order valence-electron chi connectivity index (χ3n) is 4.98. The summed E-state index contributed by atoms with van der Waals surface area (Å²) in [5.41, 5.74) is 3.02. The van der Waals surface area contributed by atoms with Crippen molar-refractivity contribution in [2.24, 2.45) is 7.05 Å². The summed E-state index contributed by atoms with van der Waals surface area (Å²) in [6.45, 7) is 12.2. The van der Waals surface area contributed by atoms with Crippen LogP contribution in [-0.2, 0) is 24.9 Å². The molecule has 0 N–H and O–H groups in total. The minimum absolute atomic E-state index is 0.134. The van der Waals surface area contributed by atoms with Crippen LogP contribution in [0.3, 0.4) is 0 Å². The van der Waals surface area contributed by atoms with E-state index in [1.54, 1.807) is 0 Å². The van der Waals surface area contributed by atoms with Crippen LogP contribution in [0.25, 0.3) is 0 Å². The average Bonchev–Trinajstić information content (AvgIpc) is 3.06. The van der Waals surface area contributed by atoms with Crippen molar-refractivity contribution in [3.05, 3.63) is 28.6 Å². The maximum absolute atomic E-state index is 13.0. The van der Waals surface area contributed by atoms with Crippen molar-refractivity contribution in [2.45, 2.75) is 59.5 Å². The topological polar surface area (TPSA) is 68.8 Å². The van der Waals surface area contributed by atoms with Gasteiger partial charge in [-0.3, -0.25) is 9.48 Å². The zero-order valence-electron chi connectivity index (χ0n) is 15.4. The molecule has 2 aromatic rings. The molecule has 1 atom stereocenters. The fraction of sp³-hybridized carbons (Fsp3) is 0.647. The molecule has 0 aliphatic carbocycles. The maximum Gasteiger partial charge on any atom is 0.230 e. The molecule has 0 radical (unpaired) electrons. The number of rotatable bonds is 3. The second-order valence-electron chi connectivity index (χ2n) is 6.97. The lowest BCUT2D eigenvalue weighted by Crippen LogP contribution is -2.41. The molecule has 1 aliphatic heterocycles. The van der Waals surface area contributed by atoms with Crippen molar-refractivity contribution in [3.8, 4) is 0 Å². The first-order chi connectivity index (χ1) is 11.3. The number of hydrogen-bond acceptors (Lipinski definition) is 4. The van der Waals surface area contributed by atoms with Crippen molar-refractivity contribution in [1.29, 1.82) is 0 Å². The summed E-state index contributed by atoms with van der Waals surface area (Å²) < 4.78 is 4.00. The predicted molar refractivity (Wildman–Crippen MR) is 90.6 cm³/mol. The number of aryl methyl sites for hydroxylation is 2. The molecular weight excluding hydrogens is 304 g/mol. The molecule has 0 bridgehead atoms. The first-order valence-electron chi connectivity index (χ1n) is 8.52. The molecule has 1 aliphatic rings. The van der Waals surface area contributed by atoms with E-state index in [1.807, 2.05) is 37.4 Å². The molecule has 3 heterocycles. The first-order valence-corrected chi connectivity index (χ1v) is 8.52. The highest BCUT2D eigenvalue weighted by Crippen LogP contribution is 2.27. The Bertz CT molecular complexity index is 772. The Morgan fingerprint density at radius 1 is 1.12 bits per heavy atom. The Morgan fingerprint density at radius 3 is 2.42 bits per heavy atom. The van der Waals surface area contributed by atoms with Gasteiger partial charge in [0.15, 0.2) is 5.82 Å². The van der Waals surface area contributed by atoms with Crippen LogP contribution < -0.4 is 0 Å². The summed E-state index contributed by atoms with van der Waals surface area (Å²) in [6, 6.07) is 0. The highest BCUT2D eigenvalue weighted by Gasteiger charge is 2.30. The Balaban J connectivity index is 1.81. The Kier molecular flexibility index (Phi) is 4.19. The first kappa shape index (κ1) is 16.7. The zero-order valence-corrected chi connectivity index (χ0v) is 15.4. The van der Waals surface area contributed by atoms with E-state index in [1.165, 1.54) is 0 Å². The number of nitrogens with zero attached hydrogens (tertiary/aromatic N) is 6. The van der Waals surface area contributed by atoms with E-state index in [4.69, 9.17) is 0 Å². The van der Waals surface area contributed by atoms with Crippen LogP contribution in [0.2, 0.25) is 0 Å². The van der Waals surface area contributed by atoms with Crippen molar-refractivity contribution in [1.82, 2.24) is 29.4 Å². The molecule has 1 unspecified atom stereocenters. The molecule has 24 heavy (non-hydrogen) atoms. The molecule has 7 heteroatoms. The Hall–Kier alpha value is -2.18. The van der Waals surface area contributed by atoms with Gasteiger partial charge in [0.2, 0.25) is 5.91 Å². The van der Waals surface area contributed by atoms with Crippen LogP contribution in [0.4, 0.5) is 0 Å². The second kappa shape index (κ2) is 6.03. The van der Waals surface area contributed by atoms with Gasteiger partial charge in [-0.1, -0.05) is 13.8 Å². The van der Waals surface area contributed by atoms with Crippen molar-refractivity contribution in [2.75, 3.05) is 6.54 Å². The van der Waals surface area contributed by atoms with Gasteiger partial charge in [0.1, 0.15) is 5.82 Å². The van der Waals surface area contributed by atoms with Gasteiger partial charge in [0.05, 0.1) is 18.2 Å². The highest BCUT2D eigenvalue weighted by molar-refractivity contribution is 5.84. The summed E-state index contributed by atoms with van der Waals surface area (Å²) in [6.07, 6.45) is 0. The van der Waals surface area contributed by atoms with Gasteiger partial charge in [-0.2, -0.15) is 5.10 Å². The Labute approximate surface area is 142 Å². The van der Waals surface area contributed by atoms with E-state index in [0.717, 1.165) is 35.1 Å². The van der Waals surface area contributed by atoms with Gasteiger partial charge in [-0.25, -0.2) is 0 Å². The number of aromatic nitrogens is 5. The quantitative estimate of drug-likeness (QED) is 0.862. The number of amides is 1. The van der Waals surface area contributed by atoms with E-state index in [0.29, 0.717) is 19.0 Å². The molecule has 2 aromatic heterocycles. The molecule has 130 valence electrons. The van der Waals surface area contributed by atoms with Crippen molar-refractivity contribution < 1.29 is 4.79 Å². The Morgan fingerprint density at radius 2 is 1.83 bits per heavy atom. The summed E-state index contributed by atoms with van der Waals surface area (Å²) in [7, 11) is 1.92. The van der Waals surface area contributed by atoms with Gasteiger partial charge in [0.25, 0.3) is 0 Å². The lowest BCUT2D eigenvalue weighted by molar-refractivity contribution is -0.134. The lowest BCUT2D eigenvalue weighted by Gasteiger charge is -2.30. The largest absolute Gasteiger partial charge is 0.333 e.